The van der Waals surface area contributed by atoms with Gasteiger partial charge in [0.1, 0.15) is 17.3 Å². The number of halogens is 1. The predicted octanol–water partition coefficient (Wildman–Crippen LogP) is 1.31. The second-order valence-corrected chi connectivity index (χ2v) is 4.84. The van der Waals surface area contributed by atoms with Crippen molar-refractivity contribution in [1.29, 1.82) is 0 Å². The van der Waals surface area contributed by atoms with Gasteiger partial charge in [0.15, 0.2) is 0 Å². The molecule has 0 aliphatic carbocycles. The largest absolute Gasteiger partial charge is 0.369 e. The van der Waals surface area contributed by atoms with Crippen LogP contribution in [-0.4, -0.2) is 32.2 Å². The monoisotopic (exact) mass is 233 g/mol. The summed E-state index contributed by atoms with van der Waals surface area (Å²) in [7, 11) is -0.745. The normalized spacial score (nSPS) is 12.4. The quantitative estimate of drug-likeness (QED) is 0.780. The molecule has 0 radical (unpaired) electrons. The lowest BCUT2D eigenvalue weighted by molar-refractivity contribution is 0.684. The van der Waals surface area contributed by atoms with Gasteiger partial charge in [-0.1, -0.05) is 18.5 Å². The fraction of sp³-hybridized carbons (Fsp3) is 0.500. The number of hydrogen-bond donors (Lipinski definition) is 1. The van der Waals surface area contributed by atoms with E-state index in [0.717, 1.165) is 0 Å². The van der Waals surface area contributed by atoms with Crippen LogP contribution in [0.5, 0.6) is 0 Å². The van der Waals surface area contributed by atoms with Crippen LogP contribution in [0.3, 0.4) is 0 Å². The van der Waals surface area contributed by atoms with E-state index in [1.54, 1.807) is 6.07 Å². The zero-order valence-electron chi connectivity index (χ0n) is 7.86. The van der Waals surface area contributed by atoms with Crippen LogP contribution in [-0.2, 0) is 10.8 Å². The van der Waals surface area contributed by atoms with Crippen LogP contribution < -0.4 is 5.32 Å². The van der Waals surface area contributed by atoms with Crippen molar-refractivity contribution in [2.75, 3.05) is 23.4 Å². The average Bonchev–Trinajstić information content (AvgIpc) is 2.17. The fourth-order valence-electron chi connectivity index (χ4n) is 0.868. The van der Waals surface area contributed by atoms with Crippen molar-refractivity contribution in [1.82, 2.24) is 9.97 Å². The Labute approximate surface area is 90.6 Å². The first-order chi connectivity index (χ1) is 6.72. The molecule has 1 N–H and O–H groups in total. The van der Waals surface area contributed by atoms with Crippen molar-refractivity contribution in [3.8, 4) is 0 Å². The molecule has 1 unspecified atom stereocenters. The van der Waals surface area contributed by atoms with E-state index in [9.17, 15) is 4.21 Å². The summed E-state index contributed by atoms with van der Waals surface area (Å²) in [6, 6.07) is 1.64. The minimum absolute atomic E-state index is 0.402. The second kappa shape index (κ2) is 5.93. The number of nitrogens with zero attached hydrogens (tertiary/aromatic N) is 2. The van der Waals surface area contributed by atoms with Gasteiger partial charge in [-0.15, -0.1) is 0 Å². The lowest BCUT2D eigenvalue weighted by Gasteiger charge is -2.03. The van der Waals surface area contributed by atoms with Crippen LogP contribution in [0.4, 0.5) is 5.82 Å². The second-order valence-electron chi connectivity index (χ2n) is 2.59. The summed E-state index contributed by atoms with van der Waals surface area (Å²) in [4.78, 5) is 7.71. The standard InChI is InChI=1S/C8H12ClN3OS/c1-2-14(13)4-3-10-8-5-7(9)11-6-12-8/h5-6H,2-4H2,1H3,(H,10,11,12). The minimum atomic E-state index is -0.745. The molecule has 78 valence electrons. The Balaban J connectivity index is 2.35. The van der Waals surface area contributed by atoms with E-state index in [-0.39, 0.29) is 0 Å². The Morgan fingerprint density at radius 1 is 1.57 bits per heavy atom. The van der Waals surface area contributed by atoms with Gasteiger partial charge in [-0.3, -0.25) is 4.21 Å². The first-order valence-electron chi connectivity index (χ1n) is 4.28. The first-order valence-corrected chi connectivity index (χ1v) is 6.15. The molecule has 1 aromatic heterocycles. The van der Waals surface area contributed by atoms with Crippen LogP contribution in [0.2, 0.25) is 5.15 Å². The highest BCUT2D eigenvalue weighted by atomic mass is 35.5. The molecule has 0 fully saturated rings. The van der Waals surface area contributed by atoms with Gasteiger partial charge in [0, 0.05) is 34.9 Å². The highest BCUT2D eigenvalue weighted by Crippen LogP contribution is 2.07. The summed E-state index contributed by atoms with van der Waals surface area (Å²) in [5.74, 6) is 1.97. The van der Waals surface area contributed by atoms with Gasteiger partial charge in [-0.2, -0.15) is 0 Å². The molecule has 14 heavy (non-hydrogen) atoms. The number of anilines is 1. The molecule has 0 spiro atoms. The van der Waals surface area contributed by atoms with E-state index in [1.165, 1.54) is 6.33 Å². The molecule has 6 heteroatoms. The molecule has 0 saturated heterocycles. The molecule has 0 aliphatic heterocycles. The molecule has 1 heterocycles. The molecular formula is C8H12ClN3OS. The van der Waals surface area contributed by atoms with E-state index in [1.807, 2.05) is 6.92 Å². The predicted molar refractivity (Wildman–Crippen MR) is 59.1 cm³/mol. The van der Waals surface area contributed by atoms with E-state index in [4.69, 9.17) is 11.6 Å². The van der Waals surface area contributed by atoms with Gasteiger partial charge >= 0.3 is 0 Å². The third-order valence-corrected chi connectivity index (χ3v) is 3.10. The summed E-state index contributed by atoms with van der Waals surface area (Å²) >= 11 is 5.66. The fourth-order valence-corrected chi connectivity index (χ4v) is 1.63. The van der Waals surface area contributed by atoms with Gasteiger partial charge < -0.3 is 5.32 Å². The highest BCUT2D eigenvalue weighted by Gasteiger charge is 1.97. The molecule has 1 aromatic rings. The van der Waals surface area contributed by atoms with Crippen molar-refractivity contribution in [2.45, 2.75) is 6.92 Å². The van der Waals surface area contributed by atoms with Crippen molar-refractivity contribution < 1.29 is 4.21 Å². The maximum Gasteiger partial charge on any atom is 0.134 e. The average molecular weight is 234 g/mol. The van der Waals surface area contributed by atoms with E-state index >= 15 is 0 Å². The lowest BCUT2D eigenvalue weighted by atomic mass is 10.5. The van der Waals surface area contributed by atoms with Crippen LogP contribution in [0.25, 0.3) is 0 Å². The highest BCUT2D eigenvalue weighted by molar-refractivity contribution is 7.84. The molecule has 0 aromatic carbocycles. The van der Waals surface area contributed by atoms with Gasteiger partial charge in [0.2, 0.25) is 0 Å². The lowest BCUT2D eigenvalue weighted by Crippen LogP contribution is -2.12. The zero-order chi connectivity index (χ0) is 10.4. The summed E-state index contributed by atoms with van der Waals surface area (Å²) in [6.45, 7) is 2.53. The third-order valence-electron chi connectivity index (χ3n) is 1.59. The smallest absolute Gasteiger partial charge is 0.134 e. The van der Waals surface area contributed by atoms with E-state index in [2.05, 4.69) is 15.3 Å². The Morgan fingerprint density at radius 3 is 3.00 bits per heavy atom. The Bertz CT molecular complexity index is 321. The topological polar surface area (TPSA) is 54.9 Å². The van der Waals surface area contributed by atoms with Gasteiger partial charge in [0.05, 0.1) is 0 Å². The van der Waals surface area contributed by atoms with Gasteiger partial charge in [-0.25, -0.2) is 9.97 Å². The SMILES string of the molecule is CCS(=O)CCNc1cc(Cl)ncn1. The van der Waals surface area contributed by atoms with E-state index < -0.39 is 10.8 Å². The van der Waals surface area contributed by atoms with Crippen LogP contribution in [0.15, 0.2) is 12.4 Å². The van der Waals surface area contributed by atoms with Crippen LogP contribution >= 0.6 is 11.6 Å². The number of hydrogen-bond acceptors (Lipinski definition) is 4. The Morgan fingerprint density at radius 2 is 2.36 bits per heavy atom. The van der Waals surface area contributed by atoms with Crippen molar-refractivity contribution in [3.63, 3.8) is 0 Å². The zero-order valence-corrected chi connectivity index (χ0v) is 9.44. The third kappa shape index (κ3) is 4.02. The number of aromatic nitrogens is 2. The van der Waals surface area contributed by atoms with Crippen molar-refractivity contribution >= 4 is 28.2 Å². The van der Waals surface area contributed by atoms with Crippen LogP contribution in [0, 0.1) is 0 Å². The number of nitrogens with one attached hydrogen (secondary N) is 1. The molecule has 0 bridgehead atoms. The molecule has 1 rings (SSSR count). The first kappa shape index (κ1) is 11.4. The Kier molecular flexibility index (Phi) is 4.82. The maximum atomic E-state index is 11.1. The molecule has 4 nitrogen and oxygen atoms in total. The molecular weight excluding hydrogens is 222 g/mol. The summed E-state index contributed by atoms with van der Waals surface area (Å²) in [6.07, 6.45) is 1.39. The summed E-state index contributed by atoms with van der Waals surface area (Å²) < 4.78 is 11.1. The summed E-state index contributed by atoms with van der Waals surface area (Å²) in [5, 5.41) is 3.42. The van der Waals surface area contributed by atoms with Gasteiger partial charge in [0.25, 0.3) is 0 Å². The summed E-state index contributed by atoms with van der Waals surface area (Å²) in [5.41, 5.74) is 0. The maximum absolute atomic E-state index is 11.1. The molecule has 0 amide bonds. The minimum Gasteiger partial charge on any atom is -0.369 e. The van der Waals surface area contributed by atoms with Crippen molar-refractivity contribution in [2.24, 2.45) is 0 Å². The molecule has 0 saturated carbocycles. The molecule has 0 aliphatic rings. The van der Waals surface area contributed by atoms with E-state index in [0.29, 0.717) is 29.0 Å². The van der Waals surface area contributed by atoms with Crippen LogP contribution in [0.1, 0.15) is 6.92 Å². The Hall–Kier alpha value is -0.680. The molecule has 1 atom stereocenters. The number of rotatable bonds is 5. The van der Waals surface area contributed by atoms with Crippen molar-refractivity contribution in [3.05, 3.63) is 17.5 Å². The van der Waals surface area contributed by atoms with Gasteiger partial charge in [-0.05, 0) is 0 Å².